The molecular formula is C32H23IN4O3. The summed E-state index contributed by atoms with van der Waals surface area (Å²) in [4.78, 5) is 30.1. The lowest BCUT2D eigenvalue weighted by molar-refractivity contribution is -0.384. The van der Waals surface area contributed by atoms with Crippen LogP contribution in [0, 0.1) is 20.6 Å². The lowest BCUT2D eigenvalue weighted by atomic mass is 10.1. The number of hydrogen-bond acceptors (Lipinski definition) is 4. The highest BCUT2D eigenvalue weighted by molar-refractivity contribution is 14.1. The maximum Gasteiger partial charge on any atom is 0.293 e. The molecule has 0 aliphatic rings. The Kier molecular flexibility index (Phi) is 6.77. The van der Waals surface area contributed by atoms with Gasteiger partial charge in [-0.3, -0.25) is 19.5 Å². The predicted molar refractivity (Wildman–Crippen MR) is 168 cm³/mol. The van der Waals surface area contributed by atoms with Crippen molar-refractivity contribution in [1.29, 1.82) is 0 Å². The summed E-state index contributed by atoms with van der Waals surface area (Å²) in [7, 11) is 0. The Hall–Kier alpha value is -4.57. The zero-order valence-corrected chi connectivity index (χ0v) is 23.6. The molecule has 0 atom stereocenters. The molecule has 6 rings (SSSR count). The van der Waals surface area contributed by atoms with Gasteiger partial charge in [0.1, 0.15) is 11.5 Å². The van der Waals surface area contributed by atoms with E-state index in [0.717, 1.165) is 32.3 Å². The Morgan fingerprint density at radius 3 is 2.42 bits per heavy atom. The molecule has 4 aromatic carbocycles. The summed E-state index contributed by atoms with van der Waals surface area (Å²) in [6.45, 7) is 2.79. The average Bonchev–Trinajstić information content (AvgIpc) is 3.23. The highest BCUT2D eigenvalue weighted by atomic mass is 127. The zero-order chi connectivity index (χ0) is 27.8. The molecule has 0 unspecified atom stereocenters. The van der Waals surface area contributed by atoms with Crippen LogP contribution in [0.4, 0.5) is 5.69 Å². The Morgan fingerprint density at radius 1 is 0.900 bits per heavy atom. The number of aromatic nitrogens is 3. The SMILES string of the molecule is Cc1c(/C=C/c2nc3ccc(I)cc3c(=O)n2-c2ccccc2[N+](=O)[O-])c2ccccc2n1Cc1ccccc1. The Morgan fingerprint density at radius 2 is 1.62 bits per heavy atom. The molecule has 7 nitrogen and oxygen atoms in total. The number of rotatable bonds is 6. The van der Waals surface area contributed by atoms with Gasteiger partial charge in [-0.1, -0.05) is 60.7 Å². The van der Waals surface area contributed by atoms with Gasteiger partial charge in [-0.05, 0) is 77.6 Å². The number of nitro benzene ring substituents is 1. The molecular weight excluding hydrogens is 615 g/mol. The molecule has 0 bridgehead atoms. The highest BCUT2D eigenvalue weighted by Gasteiger charge is 2.20. The van der Waals surface area contributed by atoms with Crippen LogP contribution >= 0.6 is 22.6 Å². The van der Waals surface area contributed by atoms with E-state index in [2.05, 4.69) is 58.3 Å². The molecule has 0 saturated carbocycles. The fourth-order valence-electron chi connectivity index (χ4n) is 5.12. The third-order valence-corrected chi connectivity index (χ3v) is 7.71. The Labute approximate surface area is 243 Å². The maximum atomic E-state index is 13.8. The summed E-state index contributed by atoms with van der Waals surface area (Å²) < 4.78 is 4.49. The Balaban J connectivity index is 1.57. The molecule has 0 saturated heterocycles. The first-order valence-electron chi connectivity index (χ1n) is 12.7. The first-order chi connectivity index (χ1) is 19.4. The van der Waals surface area contributed by atoms with Crippen LogP contribution < -0.4 is 5.56 Å². The maximum absolute atomic E-state index is 13.8. The van der Waals surface area contributed by atoms with Crippen LogP contribution in [0.2, 0.25) is 0 Å². The van der Waals surface area contributed by atoms with Crippen molar-refractivity contribution in [2.75, 3.05) is 0 Å². The fraction of sp³-hybridized carbons (Fsp3) is 0.0625. The normalized spacial score (nSPS) is 11.6. The van der Waals surface area contributed by atoms with E-state index in [0.29, 0.717) is 16.7 Å². The molecule has 0 fully saturated rings. The zero-order valence-electron chi connectivity index (χ0n) is 21.5. The van der Waals surface area contributed by atoms with Crippen molar-refractivity contribution in [2.45, 2.75) is 13.5 Å². The molecule has 0 N–H and O–H groups in total. The van der Waals surface area contributed by atoms with E-state index in [1.165, 1.54) is 16.2 Å². The van der Waals surface area contributed by atoms with Gasteiger partial charge >= 0.3 is 0 Å². The fourth-order valence-corrected chi connectivity index (χ4v) is 5.61. The van der Waals surface area contributed by atoms with Gasteiger partial charge in [0.25, 0.3) is 11.2 Å². The molecule has 0 amide bonds. The number of para-hydroxylation sites is 3. The van der Waals surface area contributed by atoms with Gasteiger partial charge < -0.3 is 4.57 Å². The minimum absolute atomic E-state index is 0.165. The van der Waals surface area contributed by atoms with Crippen molar-refractivity contribution < 1.29 is 4.92 Å². The number of nitrogens with zero attached hydrogens (tertiary/aromatic N) is 4. The standard InChI is InChI=1S/C32H23IN4O3/c1-21-24(25-11-5-6-12-28(25)35(21)20-22-9-3-2-4-10-22)16-18-31-34-27-17-15-23(33)19-26(27)32(38)36(31)29-13-7-8-14-30(29)37(39)40/h2-19H,20H2,1H3/b18-16+. The van der Waals surface area contributed by atoms with Crippen molar-refractivity contribution in [1.82, 2.24) is 14.1 Å². The third-order valence-electron chi connectivity index (χ3n) is 7.04. The van der Waals surface area contributed by atoms with Gasteiger partial charge in [0, 0.05) is 38.3 Å². The lowest BCUT2D eigenvalue weighted by Gasteiger charge is -2.12. The molecule has 40 heavy (non-hydrogen) atoms. The monoisotopic (exact) mass is 638 g/mol. The second kappa shape index (κ2) is 10.5. The van der Waals surface area contributed by atoms with Gasteiger partial charge in [0.2, 0.25) is 0 Å². The molecule has 0 aliphatic carbocycles. The van der Waals surface area contributed by atoms with Crippen LogP contribution in [0.5, 0.6) is 0 Å². The molecule has 2 aromatic heterocycles. The molecule has 6 aromatic rings. The van der Waals surface area contributed by atoms with Crippen LogP contribution in [0.1, 0.15) is 22.6 Å². The minimum atomic E-state index is -0.477. The van der Waals surface area contributed by atoms with Crippen molar-refractivity contribution in [3.8, 4) is 5.69 Å². The van der Waals surface area contributed by atoms with Crippen LogP contribution in [0.25, 0.3) is 39.6 Å². The molecule has 196 valence electrons. The van der Waals surface area contributed by atoms with Gasteiger partial charge in [-0.15, -0.1) is 0 Å². The van der Waals surface area contributed by atoms with E-state index < -0.39 is 4.92 Å². The van der Waals surface area contributed by atoms with E-state index in [1.807, 2.05) is 42.5 Å². The topological polar surface area (TPSA) is 83.0 Å². The number of fused-ring (bicyclic) bond motifs is 2. The van der Waals surface area contributed by atoms with E-state index >= 15 is 0 Å². The van der Waals surface area contributed by atoms with Crippen LogP contribution in [0.15, 0.2) is 102 Å². The summed E-state index contributed by atoms with van der Waals surface area (Å²) >= 11 is 2.14. The molecule has 0 radical (unpaired) electrons. The van der Waals surface area contributed by atoms with Gasteiger partial charge in [0.05, 0.1) is 15.8 Å². The predicted octanol–water partition coefficient (Wildman–Crippen LogP) is 7.38. The number of benzene rings is 4. The van der Waals surface area contributed by atoms with Crippen molar-refractivity contribution in [3.63, 3.8) is 0 Å². The van der Waals surface area contributed by atoms with E-state index in [4.69, 9.17) is 4.98 Å². The molecule has 8 heteroatoms. The smallest absolute Gasteiger partial charge is 0.293 e. The second-order valence-electron chi connectivity index (χ2n) is 9.44. The van der Waals surface area contributed by atoms with E-state index in [1.54, 1.807) is 36.4 Å². The molecule has 0 spiro atoms. The molecule has 0 aliphatic heterocycles. The van der Waals surface area contributed by atoms with Gasteiger partial charge in [-0.2, -0.15) is 0 Å². The Bertz CT molecular complexity index is 2010. The van der Waals surface area contributed by atoms with Crippen LogP contribution in [0.3, 0.4) is 0 Å². The van der Waals surface area contributed by atoms with Crippen LogP contribution in [-0.2, 0) is 6.54 Å². The number of halogens is 1. The lowest BCUT2D eigenvalue weighted by Crippen LogP contribution is -2.23. The molecule has 2 heterocycles. The number of nitro groups is 1. The first kappa shape index (κ1) is 25.7. The summed E-state index contributed by atoms with van der Waals surface area (Å²) in [5.41, 5.74) is 4.53. The van der Waals surface area contributed by atoms with E-state index in [9.17, 15) is 14.9 Å². The first-order valence-corrected chi connectivity index (χ1v) is 13.8. The largest absolute Gasteiger partial charge is 0.340 e. The summed E-state index contributed by atoms with van der Waals surface area (Å²) in [5, 5.41) is 13.4. The van der Waals surface area contributed by atoms with E-state index in [-0.39, 0.29) is 16.9 Å². The van der Waals surface area contributed by atoms with Crippen LogP contribution in [-0.4, -0.2) is 19.0 Å². The third kappa shape index (κ3) is 4.60. The minimum Gasteiger partial charge on any atom is -0.340 e. The number of hydrogen-bond donors (Lipinski definition) is 0. The van der Waals surface area contributed by atoms with Crippen molar-refractivity contribution >= 4 is 62.2 Å². The summed E-state index contributed by atoms with van der Waals surface area (Å²) in [6.07, 6.45) is 3.72. The van der Waals surface area contributed by atoms with Crippen molar-refractivity contribution in [3.05, 3.63) is 144 Å². The highest BCUT2D eigenvalue weighted by Crippen LogP contribution is 2.29. The van der Waals surface area contributed by atoms with Crippen molar-refractivity contribution in [2.24, 2.45) is 0 Å². The quantitative estimate of drug-likeness (QED) is 0.108. The summed E-state index contributed by atoms with van der Waals surface area (Å²) in [5.74, 6) is 0.312. The van der Waals surface area contributed by atoms with Gasteiger partial charge in [0.15, 0.2) is 0 Å². The second-order valence-corrected chi connectivity index (χ2v) is 10.7. The van der Waals surface area contributed by atoms with Gasteiger partial charge in [-0.25, -0.2) is 4.98 Å². The summed E-state index contributed by atoms with van der Waals surface area (Å²) in [6, 6.07) is 30.2. The average molecular weight is 638 g/mol.